The summed E-state index contributed by atoms with van der Waals surface area (Å²) in [5.41, 5.74) is 1.07. The number of amides is 1. The third kappa shape index (κ3) is 5.25. The van der Waals surface area contributed by atoms with E-state index in [0.29, 0.717) is 15.2 Å². The van der Waals surface area contributed by atoms with E-state index in [1.807, 2.05) is 24.3 Å². The fourth-order valence-electron chi connectivity index (χ4n) is 1.85. The summed E-state index contributed by atoms with van der Waals surface area (Å²) in [7, 11) is 0. The van der Waals surface area contributed by atoms with E-state index in [0.717, 1.165) is 10.2 Å². The molecule has 0 aliphatic carbocycles. The van der Waals surface area contributed by atoms with Crippen molar-refractivity contribution in [3.05, 3.63) is 58.8 Å². The number of carbonyl (C=O) groups is 1. The topological polar surface area (TPSA) is 66.9 Å². The fraction of sp³-hybridized carbons (Fsp3) is 0.0625. The van der Waals surface area contributed by atoms with Gasteiger partial charge in [-0.05, 0) is 36.4 Å². The van der Waals surface area contributed by atoms with Gasteiger partial charge in [0.05, 0.1) is 11.4 Å². The Hall–Kier alpha value is -1.97. The summed E-state index contributed by atoms with van der Waals surface area (Å²) in [6, 6.07) is 13.7. The van der Waals surface area contributed by atoms with Crippen molar-refractivity contribution < 1.29 is 9.18 Å². The van der Waals surface area contributed by atoms with E-state index in [1.54, 1.807) is 18.2 Å². The van der Waals surface area contributed by atoms with Gasteiger partial charge in [-0.3, -0.25) is 4.79 Å². The van der Waals surface area contributed by atoms with Crippen LogP contribution in [0.5, 0.6) is 0 Å². The predicted molar refractivity (Wildman–Crippen MR) is 103 cm³/mol. The second-order valence-electron chi connectivity index (χ2n) is 4.82. The maximum atomic E-state index is 13.6. The van der Waals surface area contributed by atoms with Crippen LogP contribution < -0.4 is 10.6 Å². The molecule has 0 radical (unpaired) electrons. The van der Waals surface area contributed by atoms with E-state index in [1.165, 1.54) is 29.2 Å². The van der Waals surface area contributed by atoms with Crippen LogP contribution in [-0.4, -0.2) is 21.9 Å². The number of hydrogen-bond acceptors (Lipinski definition) is 6. The highest BCUT2D eigenvalue weighted by Crippen LogP contribution is 2.28. The maximum absolute atomic E-state index is 13.6. The number of para-hydroxylation sites is 1. The number of halogens is 2. The standard InChI is InChI=1S/C16H12BrFN4OS2/c17-10-5-7-11(8-6-10)19-14(23)9-24-16-22-21-15(25-16)20-13-4-2-1-3-12(13)18/h1-8H,9H2,(H,19,23)(H,20,21). The second kappa shape index (κ2) is 8.41. The van der Waals surface area contributed by atoms with Gasteiger partial charge in [0, 0.05) is 10.2 Å². The molecule has 0 bridgehead atoms. The van der Waals surface area contributed by atoms with Gasteiger partial charge in [-0.2, -0.15) is 0 Å². The summed E-state index contributed by atoms with van der Waals surface area (Å²) in [5, 5.41) is 14.1. The molecule has 128 valence electrons. The van der Waals surface area contributed by atoms with Crippen molar-refractivity contribution in [1.29, 1.82) is 0 Å². The van der Waals surface area contributed by atoms with Crippen molar-refractivity contribution in [3.8, 4) is 0 Å². The van der Waals surface area contributed by atoms with Crippen molar-refractivity contribution in [1.82, 2.24) is 10.2 Å². The van der Waals surface area contributed by atoms with E-state index in [-0.39, 0.29) is 17.5 Å². The Morgan fingerprint density at radius 1 is 1.16 bits per heavy atom. The van der Waals surface area contributed by atoms with Gasteiger partial charge in [-0.15, -0.1) is 10.2 Å². The number of nitrogens with zero attached hydrogens (tertiary/aromatic N) is 2. The monoisotopic (exact) mass is 438 g/mol. The minimum absolute atomic E-state index is 0.133. The summed E-state index contributed by atoms with van der Waals surface area (Å²) in [5.74, 6) is -0.281. The molecule has 2 aromatic carbocycles. The summed E-state index contributed by atoms with van der Waals surface area (Å²) in [4.78, 5) is 12.0. The second-order valence-corrected chi connectivity index (χ2v) is 7.94. The molecule has 0 aliphatic rings. The molecule has 3 rings (SSSR count). The molecule has 3 aromatic rings. The molecule has 9 heteroatoms. The van der Waals surface area contributed by atoms with Crippen LogP contribution in [0.4, 0.5) is 20.9 Å². The Bertz CT molecular complexity index is 873. The molecule has 0 saturated heterocycles. The van der Waals surface area contributed by atoms with Crippen LogP contribution in [-0.2, 0) is 4.79 Å². The van der Waals surface area contributed by atoms with Gasteiger partial charge in [0.2, 0.25) is 11.0 Å². The number of rotatable bonds is 6. The molecular formula is C16H12BrFN4OS2. The molecule has 0 atom stereocenters. The zero-order chi connectivity index (χ0) is 17.6. The Balaban J connectivity index is 1.52. The normalized spacial score (nSPS) is 10.5. The lowest BCUT2D eigenvalue weighted by molar-refractivity contribution is -0.113. The lowest BCUT2D eigenvalue weighted by Gasteiger charge is -2.04. The highest BCUT2D eigenvalue weighted by molar-refractivity contribution is 9.10. The summed E-state index contributed by atoms with van der Waals surface area (Å²) in [6.07, 6.45) is 0. The first-order valence-corrected chi connectivity index (χ1v) is 9.73. The van der Waals surface area contributed by atoms with Crippen LogP contribution in [0.1, 0.15) is 0 Å². The molecule has 0 aliphatic heterocycles. The van der Waals surface area contributed by atoms with Crippen LogP contribution >= 0.6 is 39.0 Å². The van der Waals surface area contributed by atoms with Crippen molar-refractivity contribution in [2.24, 2.45) is 0 Å². The zero-order valence-corrected chi connectivity index (χ0v) is 15.9. The fourth-order valence-corrected chi connectivity index (χ4v) is 3.68. The Morgan fingerprint density at radius 2 is 1.92 bits per heavy atom. The third-order valence-corrected chi connectivity index (χ3v) is 5.48. The number of carbonyl (C=O) groups excluding carboxylic acids is 1. The molecule has 0 fully saturated rings. The van der Waals surface area contributed by atoms with Crippen molar-refractivity contribution in [2.75, 3.05) is 16.4 Å². The summed E-state index contributed by atoms with van der Waals surface area (Å²) in [6.45, 7) is 0. The highest BCUT2D eigenvalue weighted by atomic mass is 79.9. The minimum atomic E-state index is -0.360. The summed E-state index contributed by atoms with van der Waals surface area (Å²) < 4.78 is 15.2. The number of anilines is 3. The van der Waals surface area contributed by atoms with Crippen LogP contribution in [0.25, 0.3) is 0 Å². The first kappa shape index (κ1) is 17.8. The maximum Gasteiger partial charge on any atom is 0.234 e. The number of nitrogens with one attached hydrogen (secondary N) is 2. The molecule has 1 amide bonds. The lowest BCUT2D eigenvalue weighted by Crippen LogP contribution is -2.13. The molecule has 2 N–H and O–H groups in total. The first-order chi connectivity index (χ1) is 12.1. The zero-order valence-electron chi connectivity index (χ0n) is 12.7. The lowest BCUT2D eigenvalue weighted by atomic mass is 10.3. The predicted octanol–water partition coefficient (Wildman–Crippen LogP) is 4.91. The number of thioether (sulfide) groups is 1. The molecular weight excluding hydrogens is 427 g/mol. The van der Waals surface area contributed by atoms with Crippen LogP contribution in [0.3, 0.4) is 0 Å². The van der Waals surface area contributed by atoms with Crippen molar-refractivity contribution >= 4 is 61.4 Å². The minimum Gasteiger partial charge on any atom is -0.328 e. The van der Waals surface area contributed by atoms with E-state index >= 15 is 0 Å². The van der Waals surface area contributed by atoms with Gasteiger partial charge in [-0.1, -0.05) is 51.2 Å². The SMILES string of the molecule is O=C(CSc1nnc(Nc2ccccc2F)s1)Nc1ccc(Br)cc1. The molecule has 0 unspecified atom stereocenters. The molecule has 5 nitrogen and oxygen atoms in total. The first-order valence-electron chi connectivity index (χ1n) is 7.13. The highest BCUT2D eigenvalue weighted by Gasteiger charge is 2.10. The van der Waals surface area contributed by atoms with E-state index in [4.69, 9.17) is 0 Å². The van der Waals surface area contributed by atoms with E-state index in [2.05, 4.69) is 36.8 Å². The quantitative estimate of drug-likeness (QED) is 0.534. The smallest absolute Gasteiger partial charge is 0.234 e. The van der Waals surface area contributed by atoms with Gasteiger partial charge in [0.15, 0.2) is 4.34 Å². The van der Waals surface area contributed by atoms with Crippen LogP contribution in [0.2, 0.25) is 0 Å². The Labute approximate surface area is 160 Å². The average molecular weight is 439 g/mol. The molecule has 0 spiro atoms. The average Bonchev–Trinajstić information content (AvgIpc) is 3.05. The Morgan fingerprint density at radius 3 is 2.68 bits per heavy atom. The van der Waals surface area contributed by atoms with Gasteiger partial charge in [-0.25, -0.2) is 4.39 Å². The van der Waals surface area contributed by atoms with Crippen molar-refractivity contribution in [2.45, 2.75) is 4.34 Å². The third-order valence-electron chi connectivity index (χ3n) is 2.98. The van der Waals surface area contributed by atoms with Crippen molar-refractivity contribution in [3.63, 3.8) is 0 Å². The van der Waals surface area contributed by atoms with Crippen LogP contribution in [0, 0.1) is 5.82 Å². The van der Waals surface area contributed by atoms with Gasteiger partial charge in [0.25, 0.3) is 0 Å². The van der Waals surface area contributed by atoms with E-state index < -0.39 is 0 Å². The molecule has 25 heavy (non-hydrogen) atoms. The van der Waals surface area contributed by atoms with Crippen LogP contribution in [0.15, 0.2) is 57.3 Å². The molecule has 0 saturated carbocycles. The number of hydrogen-bond donors (Lipinski definition) is 2. The van der Waals surface area contributed by atoms with Gasteiger partial charge in [0.1, 0.15) is 5.82 Å². The summed E-state index contributed by atoms with van der Waals surface area (Å²) >= 11 is 5.88. The number of aromatic nitrogens is 2. The van der Waals surface area contributed by atoms with Gasteiger partial charge >= 0.3 is 0 Å². The number of benzene rings is 2. The largest absolute Gasteiger partial charge is 0.328 e. The molecule has 1 aromatic heterocycles. The molecule has 1 heterocycles. The van der Waals surface area contributed by atoms with E-state index in [9.17, 15) is 9.18 Å². The van der Waals surface area contributed by atoms with Gasteiger partial charge < -0.3 is 10.6 Å². The Kier molecular flexibility index (Phi) is 6.00.